The molecule has 1 atom stereocenters. The van der Waals surface area contributed by atoms with Crippen LogP contribution in [0.1, 0.15) is 6.42 Å². The molecular weight excluding hydrogens is 300 g/mol. The first-order chi connectivity index (χ1) is 7.50. The molecule has 1 saturated heterocycles. The van der Waals surface area contributed by atoms with Crippen molar-refractivity contribution in [1.29, 1.82) is 0 Å². The minimum atomic E-state index is -0.754. The monoisotopic (exact) mass is 307 g/mol. The Morgan fingerprint density at radius 1 is 1.44 bits per heavy atom. The highest BCUT2D eigenvalue weighted by molar-refractivity contribution is 9.10. The van der Waals surface area contributed by atoms with E-state index in [1.807, 2.05) is 0 Å². The number of thiol groups is 1. The van der Waals surface area contributed by atoms with Crippen LogP contribution in [-0.2, 0) is 4.79 Å². The summed E-state index contributed by atoms with van der Waals surface area (Å²) in [6, 6.07) is 2.39. The van der Waals surface area contributed by atoms with E-state index in [0.29, 0.717) is 6.54 Å². The van der Waals surface area contributed by atoms with Gasteiger partial charge in [0.2, 0.25) is 5.91 Å². The van der Waals surface area contributed by atoms with E-state index in [9.17, 15) is 13.6 Å². The zero-order valence-corrected chi connectivity index (χ0v) is 10.6. The van der Waals surface area contributed by atoms with Gasteiger partial charge in [-0.05, 0) is 28.1 Å². The first-order valence-corrected chi connectivity index (χ1v) is 5.93. The van der Waals surface area contributed by atoms with E-state index in [4.69, 9.17) is 0 Å². The van der Waals surface area contributed by atoms with Gasteiger partial charge in [0.25, 0.3) is 0 Å². The lowest BCUT2D eigenvalue weighted by Gasteiger charge is -2.17. The van der Waals surface area contributed by atoms with Gasteiger partial charge < -0.3 is 4.90 Å². The molecule has 6 heteroatoms. The van der Waals surface area contributed by atoms with Crippen LogP contribution in [0, 0.1) is 11.6 Å². The highest BCUT2D eigenvalue weighted by Gasteiger charge is 2.30. The second-order valence-electron chi connectivity index (χ2n) is 3.56. The molecule has 0 spiro atoms. The third-order valence-corrected chi connectivity index (χ3v) is 3.48. The van der Waals surface area contributed by atoms with Gasteiger partial charge in [0.05, 0.1) is 10.2 Å². The van der Waals surface area contributed by atoms with Crippen molar-refractivity contribution >= 4 is 40.2 Å². The predicted molar refractivity (Wildman–Crippen MR) is 63.8 cm³/mol. The fourth-order valence-corrected chi connectivity index (χ4v) is 2.30. The van der Waals surface area contributed by atoms with Crippen LogP contribution in [0.5, 0.6) is 0 Å². The number of nitrogens with zero attached hydrogens (tertiary/aromatic N) is 1. The fourth-order valence-electron chi connectivity index (χ4n) is 1.65. The minimum Gasteiger partial charge on any atom is -0.308 e. The van der Waals surface area contributed by atoms with Crippen LogP contribution in [0.15, 0.2) is 16.6 Å². The predicted octanol–water partition coefficient (Wildman–Crippen LogP) is 2.76. The Balaban J connectivity index is 2.42. The molecule has 2 rings (SSSR count). The van der Waals surface area contributed by atoms with Crippen LogP contribution in [-0.4, -0.2) is 17.7 Å². The van der Waals surface area contributed by atoms with E-state index < -0.39 is 11.6 Å². The van der Waals surface area contributed by atoms with E-state index in [0.717, 1.165) is 6.07 Å². The number of carbonyl (C=O) groups is 1. The lowest BCUT2D eigenvalue weighted by Crippen LogP contribution is -2.25. The third-order valence-electron chi connectivity index (χ3n) is 2.41. The Morgan fingerprint density at radius 3 is 2.69 bits per heavy atom. The molecule has 0 bridgehead atoms. The zero-order chi connectivity index (χ0) is 11.9. The number of halogens is 3. The standard InChI is InChI=1S/C10H8BrF2NOS/c11-9-6(12)1-2-7(10(9)13)14-4-5(16)3-8(14)15/h1-2,5,16H,3-4H2. The zero-order valence-electron chi connectivity index (χ0n) is 8.08. The van der Waals surface area contributed by atoms with Crippen molar-refractivity contribution in [2.75, 3.05) is 11.4 Å². The summed E-state index contributed by atoms with van der Waals surface area (Å²) in [5.74, 6) is -1.64. The van der Waals surface area contributed by atoms with Gasteiger partial charge in [-0.3, -0.25) is 4.79 Å². The largest absolute Gasteiger partial charge is 0.308 e. The molecule has 1 heterocycles. The quantitative estimate of drug-likeness (QED) is 0.625. The number of anilines is 1. The highest BCUT2D eigenvalue weighted by atomic mass is 79.9. The summed E-state index contributed by atoms with van der Waals surface area (Å²) in [7, 11) is 0. The summed E-state index contributed by atoms with van der Waals surface area (Å²) in [6.07, 6.45) is 0.275. The molecule has 0 aliphatic carbocycles. The van der Waals surface area contributed by atoms with Crippen LogP contribution in [0.2, 0.25) is 0 Å². The maximum atomic E-state index is 13.7. The van der Waals surface area contributed by atoms with Crippen LogP contribution in [0.25, 0.3) is 0 Å². The maximum absolute atomic E-state index is 13.7. The molecule has 0 saturated carbocycles. The van der Waals surface area contributed by atoms with E-state index >= 15 is 0 Å². The lowest BCUT2D eigenvalue weighted by molar-refractivity contribution is -0.117. The van der Waals surface area contributed by atoms with E-state index in [1.165, 1.54) is 11.0 Å². The molecule has 0 N–H and O–H groups in total. The van der Waals surface area contributed by atoms with Crippen molar-refractivity contribution in [1.82, 2.24) is 0 Å². The van der Waals surface area contributed by atoms with Gasteiger partial charge in [0.1, 0.15) is 5.82 Å². The van der Waals surface area contributed by atoms with Crippen molar-refractivity contribution in [3.8, 4) is 0 Å². The van der Waals surface area contributed by atoms with Crippen molar-refractivity contribution in [2.24, 2.45) is 0 Å². The summed E-state index contributed by atoms with van der Waals surface area (Å²) >= 11 is 6.98. The highest BCUT2D eigenvalue weighted by Crippen LogP contribution is 2.31. The Hall–Kier alpha value is -0.620. The average Bonchev–Trinajstić information content (AvgIpc) is 2.55. The molecule has 1 amide bonds. The number of rotatable bonds is 1. The van der Waals surface area contributed by atoms with Gasteiger partial charge >= 0.3 is 0 Å². The Morgan fingerprint density at radius 2 is 2.12 bits per heavy atom. The van der Waals surface area contributed by atoms with Crippen molar-refractivity contribution in [2.45, 2.75) is 11.7 Å². The summed E-state index contributed by atoms with van der Waals surface area (Å²) in [5.41, 5.74) is 0.0924. The minimum absolute atomic E-state index is 0.0924. The first-order valence-electron chi connectivity index (χ1n) is 4.62. The fraction of sp³-hybridized carbons (Fsp3) is 0.300. The lowest BCUT2D eigenvalue weighted by atomic mass is 10.2. The third kappa shape index (κ3) is 1.96. The molecule has 0 aromatic heterocycles. The molecule has 86 valence electrons. The molecule has 1 aromatic rings. The van der Waals surface area contributed by atoms with Crippen LogP contribution in [0.3, 0.4) is 0 Å². The molecule has 0 radical (unpaired) electrons. The topological polar surface area (TPSA) is 20.3 Å². The number of hydrogen-bond donors (Lipinski definition) is 1. The number of amides is 1. The smallest absolute Gasteiger partial charge is 0.228 e. The molecule has 1 fully saturated rings. The van der Waals surface area contributed by atoms with Crippen molar-refractivity contribution in [3.05, 3.63) is 28.2 Å². The van der Waals surface area contributed by atoms with Crippen LogP contribution >= 0.6 is 28.6 Å². The van der Waals surface area contributed by atoms with E-state index in [-0.39, 0.29) is 27.7 Å². The molecule has 1 unspecified atom stereocenters. The van der Waals surface area contributed by atoms with E-state index in [2.05, 4.69) is 28.6 Å². The molecular formula is C10H8BrF2NOS. The average molecular weight is 308 g/mol. The summed E-state index contributed by atoms with van der Waals surface area (Å²) in [4.78, 5) is 12.8. The van der Waals surface area contributed by atoms with Crippen LogP contribution < -0.4 is 4.90 Å². The van der Waals surface area contributed by atoms with Gasteiger partial charge in [-0.2, -0.15) is 12.6 Å². The number of hydrogen-bond acceptors (Lipinski definition) is 2. The van der Waals surface area contributed by atoms with Gasteiger partial charge in [0.15, 0.2) is 5.82 Å². The first kappa shape index (κ1) is 11.9. The van der Waals surface area contributed by atoms with Gasteiger partial charge in [0, 0.05) is 18.2 Å². The molecule has 2 nitrogen and oxygen atoms in total. The van der Waals surface area contributed by atoms with Gasteiger partial charge in [-0.1, -0.05) is 0 Å². The molecule has 1 aliphatic rings. The van der Waals surface area contributed by atoms with Gasteiger partial charge in [-0.15, -0.1) is 0 Å². The summed E-state index contributed by atoms with van der Waals surface area (Å²) < 4.78 is 26.5. The Labute approximate surface area is 105 Å². The summed E-state index contributed by atoms with van der Waals surface area (Å²) in [5, 5.41) is -0.101. The number of benzene rings is 1. The normalized spacial score (nSPS) is 20.6. The molecule has 1 aromatic carbocycles. The molecule has 16 heavy (non-hydrogen) atoms. The van der Waals surface area contributed by atoms with Crippen LogP contribution in [0.4, 0.5) is 14.5 Å². The summed E-state index contributed by atoms with van der Waals surface area (Å²) in [6.45, 7) is 0.344. The second kappa shape index (κ2) is 4.33. The SMILES string of the molecule is O=C1CC(S)CN1c1ccc(F)c(Br)c1F. The van der Waals surface area contributed by atoms with E-state index in [1.54, 1.807) is 0 Å². The Kier molecular flexibility index (Phi) is 3.21. The van der Waals surface area contributed by atoms with Crippen molar-refractivity contribution < 1.29 is 13.6 Å². The van der Waals surface area contributed by atoms with Crippen molar-refractivity contribution in [3.63, 3.8) is 0 Å². The molecule has 1 aliphatic heterocycles. The second-order valence-corrected chi connectivity index (χ2v) is 5.08. The maximum Gasteiger partial charge on any atom is 0.228 e. The Bertz CT molecular complexity index is 455. The number of carbonyl (C=O) groups excluding carboxylic acids is 1. The van der Waals surface area contributed by atoms with Gasteiger partial charge in [-0.25, -0.2) is 8.78 Å².